The van der Waals surface area contributed by atoms with E-state index in [1.54, 1.807) is 32.6 Å². The van der Waals surface area contributed by atoms with Crippen LogP contribution in [-0.2, 0) is 110 Å². The van der Waals surface area contributed by atoms with E-state index in [4.69, 9.17) is 62.3 Å². The van der Waals surface area contributed by atoms with Crippen LogP contribution in [0, 0.1) is 10.8 Å². The van der Waals surface area contributed by atoms with Crippen LogP contribution in [0.4, 0.5) is 0 Å². The number of aliphatic carboxylic acids is 1. The molecule has 3 atom stereocenters. The highest BCUT2D eigenvalue weighted by Gasteiger charge is 2.37. The average molecular weight is 1630 g/mol. The first kappa shape index (κ1) is 123. The number of nitrogens with zero attached hydrogens (tertiary/aromatic N) is 2. The van der Waals surface area contributed by atoms with Crippen molar-refractivity contribution >= 4 is 111 Å². The standard InChI is InChI=1S/C14H24N2O4.C10H17NO3.C9H14N2O2.C9H15NO4.C8H12O5.C6H8O3.C4H9NO.2C3H3ClO.C3H7N.C2H4O2.C2H6.H3N.H2O/c1-7-11(18)16-14(5,6)12(19)15-8-13(3,4)9-20-10(2)17;1-5-9(13)11-6-10(3,4)7-14-8(2)12;1-4-7(12)10-9(2,3)8(13)11-5-6-11;1-3-9(12)14-7-5-10-4-6-13-8(2)11;1-3-8(11)13-5-7(10)4-12-6(2)9;1-2-6(7)9-4-5-3-8-5;6-4-3-5-1-2-5;2*1-2-3(4)5;1-3-2-4-3;1-2(3)4;1-2;;/h7H,1,8-9H2,2-6H3,(H,15,19)(H,16,18);5H,1,6-7H2,2-4H3,(H,11,13);4H,1,5-6H2,2-3H3,(H,10,12);3,10H,1,4-7H2,2H3;3,7,10H,1,4-5H2,2H3;2,5H,1,3-4H2;6H,1-4H2;2*2H,1H2;3-4H,2H2,1H3;1H3,(H,3,4);1-2H3;1H3;1H2. The molecule has 0 spiro atoms. The van der Waals surface area contributed by atoms with Crippen molar-refractivity contribution in [3.8, 4) is 0 Å². The molecule has 14 N–H and O–H groups in total. The van der Waals surface area contributed by atoms with Crippen LogP contribution in [0.1, 0.15) is 111 Å². The normalized spacial score (nSPS) is 13.0. The lowest BCUT2D eigenvalue weighted by Crippen LogP contribution is -2.55. The molecule has 4 rings (SSSR count). The minimum absolute atomic E-state index is 0. The molecule has 38 heteroatoms. The lowest BCUT2D eigenvalue weighted by molar-refractivity contribution is -0.148. The van der Waals surface area contributed by atoms with E-state index in [1.807, 2.05) is 41.5 Å². The quantitative estimate of drug-likeness (QED) is 0.0111. The summed E-state index contributed by atoms with van der Waals surface area (Å²) >= 11 is 9.41. The molecule has 4 fully saturated rings. The Balaban J connectivity index is -0.000000130. The van der Waals surface area contributed by atoms with Crippen molar-refractivity contribution in [3.63, 3.8) is 0 Å². The minimum atomic E-state index is -1.04. The second-order valence-electron chi connectivity index (χ2n) is 24.4. The summed E-state index contributed by atoms with van der Waals surface area (Å²) in [4.78, 5) is 162. The number of hydrogen-bond acceptors (Lipinski definition) is 29. The molecule has 3 unspecified atom stereocenters. The number of carbonyl (C=O) groups is 15. The smallest absolute Gasteiger partial charge is 0.330 e. The summed E-state index contributed by atoms with van der Waals surface area (Å²) < 4.78 is 37.5. The van der Waals surface area contributed by atoms with Gasteiger partial charge in [0, 0.05) is 135 Å². The molecule has 4 heterocycles. The maximum atomic E-state index is 12.0. The predicted molar refractivity (Wildman–Crippen MR) is 420 cm³/mol. The van der Waals surface area contributed by atoms with E-state index in [-0.39, 0.29) is 102 Å². The Morgan fingerprint density at radius 1 is 0.550 bits per heavy atom. The second kappa shape index (κ2) is 74.7. The molecule has 0 aromatic rings. The van der Waals surface area contributed by atoms with Crippen LogP contribution in [0.2, 0.25) is 0 Å². The number of carboxylic acids is 1. The molecule has 4 saturated heterocycles. The summed E-state index contributed by atoms with van der Waals surface area (Å²) in [5.74, 6) is -5.05. The number of β-amino-alcohol motifs (C(OH)–C–C–N with tert-alkyl or cyclic N) is 1. The van der Waals surface area contributed by atoms with Gasteiger partial charge in [-0.1, -0.05) is 94.2 Å². The fourth-order valence-electron chi connectivity index (χ4n) is 5.24. The number of halogens is 2. The Morgan fingerprint density at radius 3 is 1.20 bits per heavy atom. The predicted octanol–water partition coefficient (Wildman–Crippen LogP) is 2.78. The van der Waals surface area contributed by atoms with Crippen LogP contribution in [0.3, 0.4) is 0 Å². The van der Waals surface area contributed by atoms with Crippen molar-refractivity contribution in [2.24, 2.45) is 10.8 Å². The van der Waals surface area contributed by atoms with Gasteiger partial charge in [0.1, 0.15) is 56.3 Å². The SMILES string of the molecule is C=CC(=O)Cl.C=CC(=O)Cl.C=CC(=O)NC(C)(C)C(=O)N1CC1.C=CC(=O)NC(C)(C)C(=O)NCC(C)(C)COC(C)=O.C=CC(=O)NCC(C)(C)COC(C)=O.C=CC(=O)OCC(O)COC(C)=O.C=CC(=O)OCC1CO1.C=CC(=O)OCCNCCOC(C)=O.CC.CC(=O)O.CC1CN1.N.O.OCCN1CC1. The molecule has 4 aliphatic rings. The van der Waals surface area contributed by atoms with Crippen molar-refractivity contribution in [3.05, 3.63) is 101 Å². The van der Waals surface area contributed by atoms with Crippen molar-refractivity contribution in [1.29, 1.82) is 0 Å². The van der Waals surface area contributed by atoms with Crippen LogP contribution in [0.5, 0.6) is 0 Å². The third-order valence-electron chi connectivity index (χ3n) is 11.3. The highest BCUT2D eigenvalue weighted by Crippen LogP contribution is 2.17. The number of aliphatic hydroxyl groups is 2. The van der Waals surface area contributed by atoms with Crippen molar-refractivity contribution in [2.45, 2.75) is 140 Å². The summed E-state index contributed by atoms with van der Waals surface area (Å²) in [6, 6.07) is 0.833. The highest BCUT2D eigenvalue weighted by molar-refractivity contribution is 6.66. The number of allylic oxidation sites excluding steroid dienone is 2. The van der Waals surface area contributed by atoms with Crippen LogP contribution in [-0.4, -0.2) is 273 Å². The Kier molecular flexibility index (Phi) is 82.5. The topological polar surface area (TPSA) is 548 Å². The Labute approximate surface area is 663 Å². The van der Waals surface area contributed by atoms with Gasteiger partial charge < -0.3 is 102 Å². The maximum absolute atomic E-state index is 12.0. The third kappa shape index (κ3) is 105. The number of epoxide rings is 1. The van der Waals surface area contributed by atoms with Crippen LogP contribution in [0.15, 0.2) is 101 Å². The van der Waals surface area contributed by atoms with Gasteiger partial charge in [0.2, 0.25) is 40.0 Å². The van der Waals surface area contributed by atoms with Crippen LogP contribution in [0.25, 0.3) is 0 Å². The number of carboxylic acid groups (broad SMARTS) is 1. The van der Waals surface area contributed by atoms with Gasteiger partial charge in [0.25, 0.3) is 5.97 Å². The summed E-state index contributed by atoms with van der Waals surface area (Å²) in [5.41, 5.74) is -2.51. The fraction of sp³-hybridized carbons (Fsp3) is 0.575. The van der Waals surface area contributed by atoms with Gasteiger partial charge in [-0.05, 0) is 88.2 Å². The summed E-state index contributed by atoms with van der Waals surface area (Å²) in [5, 5.41) is 40.2. The largest absolute Gasteiger partial charge is 0.481 e. The number of nitrogens with one attached hydrogen (secondary N) is 6. The Morgan fingerprint density at radius 2 is 0.892 bits per heavy atom. The van der Waals surface area contributed by atoms with Crippen LogP contribution < -0.4 is 38.1 Å². The van der Waals surface area contributed by atoms with Gasteiger partial charge in [-0.15, -0.1) is 0 Å². The molecular weight excluding hydrogens is 1510 g/mol. The van der Waals surface area contributed by atoms with Gasteiger partial charge in [-0.25, -0.2) is 14.4 Å². The number of aliphatic hydroxyl groups excluding tert-OH is 2. The molecule has 0 aromatic carbocycles. The Hall–Kier alpha value is -9.37. The van der Waals surface area contributed by atoms with Crippen molar-refractivity contribution in [1.82, 2.24) is 47.9 Å². The monoisotopic (exact) mass is 1630 g/mol. The molecular formula is C73H127Cl2N9O27. The molecule has 0 aromatic heterocycles. The van der Waals surface area contributed by atoms with Gasteiger partial charge in [-0.3, -0.25) is 62.4 Å². The number of hydrogen-bond donors (Lipinski definition) is 10. The number of esters is 7. The van der Waals surface area contributed by atoms with E-state index in [9.17, 15) is 67.1 Å². The van der Waals surface area contributed by atoms with Gasteiger partial charge in [-0.2, -0.15) is 0 Å². The molecule has 0 bridgehead atoms. The number of carbonyl (C=O) groups excluding carboxylic acids is 14. The average Bonchev–Trinajstić information content (AvgIpc) is 1.10. The third-order valence-corrected chi connectivity index (χ3v) is 11.6. The number of rotatable bonds is 34. The van der Waals surface area contributed by atoms with E-state index in [0.717, 1.165) is 75.1 Å². The summed E-state index contributed by atoms with van der Waals surface area (Å²) in [7, 11) is 0. The van der Waals surface area contributed by atoms with Crippen molar-refractivity contribution in [2.75, 3.05) is 125 Å². The fourth-order valence-corrected chi connectivity index (χ4v) is 5.24. The highest BCUT2D eigenvalue weighted by atomic mass is 35.5. The van der Waals surface area contributed by atoms with E-state index in [0.29, 0.717) is 59.2 Å². The molecule has 111 heavy (non-hydrogen) atoms. The molecule has 36 nitrogen and oxygen atoms in total. The molecule has 0 radical (unpaired) electrons. The van der Waals surface area contributed by atoms with Gasteiger partial charge in [0.05, 0.1) is 26.4 Å². The van der Waals surface area contributed by atoms with Gasteiger partial charge in [0.15, 0.2) is 0 Å². The second-order valence-corrected chi connectivity index (χ2v) is 25.1. The van der Waals surface area contributed by atoms with E-state index >= 15 is 0 Å². The molecule has 5 amide bonds. The first-order valence-electron chi connectivity index (χ1n) is 33.7. The maximum Gasteiger partial charge on any atom is 0.330 e. The molecule has 0 aliphatic carbocycles. The zero-order valence-electron chi connectivity index (χ0n) is 67.5. The van der Waals surface area contributed by atoms with Gasteiger partial charge >= 0.3 is 41.8 Å². The van der Waals surface area contributed by atoms with E-state index in [2.05, 4.69) is 115 Å². The minimum Gasteiger partial charge on any atom is -0.481 e. The lowest BCUT2D eigenvalue weighted by Gasteiger charge is -2.29. The zero-order chi connectivity index (χ0) is 86.5. The van der Waals surface area contributed by atoms with E-state index < -0.39 is 57.5 Å². The van der Waals surface area contributed by atoms with E-state index in [1.165, 1.54) is 53.4 Å². The lowest BCUT2D eigenvalue weighted by atomic mass is 9.94. The number of amides is 5. The summed E-state index contributed by atoms with van der Waals surface area (Å²) in [6.07, 6.45) is 7.96. The first-order valence-corrected chi connectivity index (χ1v) is 34.4. The van der Waals surface area contributed by atoms with Crippen molar-refractivity contribution < 1.29 is 131 Å². The number of ether oxygens (including phenoxy) is 8. The molecule has 4 aliphatic heterocycles. The van der Waals surface area contributed by atoms with Crippen LogP contribution >= 0.6 is 23.2 Å². The first-order chi connectivity index (χ1) is 50.5. The zero-order valence-corrected chi connectivity index (χ0v) is 69.0. The Bertz CT molecular complexity index is 2820. The summed E-state index contributed by atoms with van der Waals surface area (Å²) in [6.45, 7) is 62.5. The molecule has 640 valence electrons. The molecule has 0 saturated carbocycles.